The minimum Gasteiger partial charge on any atom is -0.395 e. The number of carbonyl (C=O) groups excluding carboxylic acids is 3. The molecule has 0 bridgehead atoms. The standard InChI is InChI=1S/C16H19N3O6/c1-2-17(8-9-20)14(21)4-3-7-18-15(22)12-6-5-11(19(24)25)10-13(12)16(18)23/h5-6,10,20H,2-4,7-9H2,1H3. The molecule has 0 fully saturated rings. The molecule has 1 heterocycles. The third-order valence-electron chi connectivity index (χ3n) is 4.04. The SMILES string of the molecule is CCN(CCO)C(=O)CCCN1C(=O)c2ccc([N+](=O)[O-])cc2C1=O. The van der Waals surface area contributed by atoms with Crippen molar-refractivity contribution in [3.05, 3.63) is 39.4 Å². The molecule has 0 spiro atoms. The molecule has 1 aliphatic heterocycles. The predicted molar refractivity (Wildman–Crippen MR) is 87.0 cm³/mol. The number of rotatable bonds is 8. The van der Waals surface area contributed by atoms with Gasteiger partial charge in [-0.25, -0.2) is 0 Å². The molecule has 0 aliphatic carbocycles. The fourth-order valence-electron chi connectivity index (χ4n) is 2.72. The van der Waals surface area contributed by atoms with Gasteiger partial charge >= 0.3 is 0 Å². The van der Waals surface area contributed by atoms with E-state index in [1.807, 2.05) is 0 Å². The first kappa shape index (κ1) is 18.5. The first-order chi connectivity index (χ1) is 11.9. The maximum absolute atomic E-state index is 12.3. The number of hydrogen-bond acceptors (Lipinski definition) is 6. The molecule has 134 valence electrons. The van der Waals surface area contributed by atoms with Gasteiger partial charge in [-0.3, -0.25) is 29.4 Å². The molecule has 1 N–H and O–H groups in total. The summed E-state index contributed by atoms with van der Waals surface area (Å²) in [5.41, 5.74) is -0.0992. The molecule has 9 heteroatoms. The predicted octanol–water partition coefficient (Wildman–Crippen LogP) is 0.812. The molecular weight excluding hydrogens is 330 g/mol. The molecule has 0 radical (unpaired) electrons. The van der Waals surface area contributed by atoms with E-state index in [2.05, 4.69) is 0 Å². The molecular formula is C16H19N3O6. The van der Waals surface area contributed by atoms with Crippen LogP contribution >= 0.6 is 0 Å². The number of nitro benzene ring substituents is 1. The van der Waals surface area contributed by atoms with Crippen LogP contribution in [-0.2, 0) is 4.79 Å². The molecule has 1 aromatic carbocycles. The number of imide groups is 1. The Morgan fingerprint density at radius 1 is 1.28 bits per heavy atom. The highest BCUT2D eigenvalue weighted by atomic mass is 16.6. The average Bonchev–Trinajstić information content (AvgIpc) is 2.83. The van der Waals surface area contributed by atoms with E-state index >= 15 is 0 Å². The number of hydrogen-bond donors (Lipinski definition) is 1. The molecule has 2 rings (SSSR count). The summed E-state index contributed by atoms with van der Waals surface area (Å²) in [5, 5.41) is 19.7. The van der Waals surface area contributed by atoms with Crippen molar-refractivity contribution in [2.75, 3.05) is 26.2 Å². The average molecular weight is 349 g/mol. The third kappa shape index (κ3) is 3.82. The zero-order valence-electron chi connectivity index (χ0n) is 13.8. The van der Waals surface area contributed by atoms with Gasteiger partial charge in [-0.05, 0) is 19.4 Å². The Balaban J connectivity index is 2.00. The van der Waals surface area contributed by atoms with E-state index in [1.54, 1.807) is 6.92 Å². The molecule has 0 atom stereocenters. The zero-order chi connectivity index (χ0) is 18.6. The van der Waals surface area contributed by atoms with Crippen molar-refractivity contribution < 1.29 is 24.4 Å². The highest BCUT2D eigenvalue weighted by molar-refractivity contribution is 6.21. The number of non-ortho nitro benzene ring substituents is 1. The second kappa shape index (κ2) is 7.84. The maximum atomic E-state index is 12.3. The maximum Gasteiger partial charge on any atom is 0.270 e. The minimum absolute atomic E-state index is 0.0148. The molecule has 0 saturated heterocycles. The van der Waals surface area contributed by atoms with Crippen molar-refractivity contribution >= 4 is 23.4 Å². The Morgan fingerprint density at radius 3 is 2.56 bits per heavy atom. The van der Waals surface area contributed by atoms with E-state index < -0.39 is 16.7 Å². The summed E-state index contributed by atoms with van der Waals surface area (Å²) in [5.74, 6) is -1.26. The number of likely N-dealkylation sites (N-methyl/N-ethyl adjacent to an activating group) is 1. The van der Waals surface area contributed by atoms with Crippen LogP contribution in [0.1, 0.15) is 40.5 Å². The van der Waals surface area contributed by atoms with Crippen molar-refractivity contribution in [1.29, 1.82) is 0 Å². The molecule has 0 saturated carbocycles. The number of amides is 3. The van der Waals surface area contributed by atoms with E-state index in [4.69, 9.17) is 5.11 Å². The fourth-order valence-corrected chi connectivity index (χ4v) is 2.72. The summed E-state index contributed by atoms with van der Waals surface area (Å²) in [6, 6.07) is 3.56. The fraction of sp³-hybridized carbons (Fsp3) is 0.438. The number of nitro groups is 1. The van der Waals surface area contributed by atoms with Crippen LogP contribution in [0.3, 0.4) is 0 Å². The largest absolute Gasteiger partial charge is 0.395 e. The van der Waals surface area contributed by atoms with Crippen molar-refractivity contribution in [3.63, 3.8) is 0 Å². The highest BCUT2D eigenvalue weighted by Gasteiger charge is 2.36. The van der Waals surface area contributed by atoms with Gasteiger partial charge in [-0.1, -0.05) is 0 Å². The summed E-state index contributed by atoms with van der Waals surface area (Å²) in [7, 11) is 0. The third-order valence-corrected chi connectivity index (χ3v) is 4.04. The molecule has 25 heavy (non-hydrogen) atoms. The van der Waals surface area contributed by atoms with E-state index in [9.17, 15) is 24.5 Å². The van der Waals surface area contributed by atoms with E-state index in [0.717, 1.165) is 11.0 Å². The van der Waals surface area contributed by atoms with E-state index in [-0.39, 0.29) is 55.3 Å². The molecule has 3 amide bonds. The first-order valence-electron chi connectivity index (χ1n) is 7.94. The normalized spacial score (nSPS) is 13.1. The lowest BCUT2D eigenvalue weighted by molar-refractivity contribution is -0.384. The van der Waals surface area contributed by atoms with Gasteiger partial charge in [0.1, 0.15) is 0 Å². The topological polar surface area (TPSA) is 121 Å². The summed E-state index contributed by atoms with van der Waals surface area (Å²) in [6.07, 6.45) is 0.426. The van der Waals surface area contributed by atoms with Crippen molar-refractivity contribution in [3.8, 4) is 0 Å². The van der Waals surface area contributed by atoms with Crippen molar-refractivity contribution in [2.45, 2.75) is 19.8 Å². The number of aliphatic hydroxyl groups is 1. The molecule has 9 nitrogen and oxygen atoms in total. The van der Waals surface area contributed by atoms with Crippen LogP contribution in [0.4, 0.5) is 5.69 Å². The molecule has 0 aromatic heterocycles. The summed E-state index contributed by atoms with van der Waals surface area (Å²) >= 11 is 0. The number of benzene rings is 1. The lowest BCUT2D eigenvalue weighted by atomic mass is 10.1. The van der Waals surface area contributed by atoms with Crippen LogP contribution in [-0.4, -0.2) is 63.8 Å². The second-order valence-electron chi connectivity index (χ2n) is 5.55. The molecule has 0 unspecified atom stereocenters. The van der Waals surface area contributed by atoms with Gasteiger partial charge in [-0.15, -0.1) is 0 Å². The van der Waals surface area contributed by atoms with Gasteiger partial charge < -0.3 is 10.0 Å². The van der Waals surface area contributed by atoms with Crippen LogP contribution in [0.15, 0.2) is 18.2 Å². The van der Waals surface area contributed by atoms with Gasteiger partial charge in [0.15, 0.2) is 0 Å². The Hall–Kier alpha value is -2.81. The smallest absolute Gasteiger partial charge is 0.270 e. The van der Waals surface area contributed by atoms with Gasteiger partial charge in [0, 0.05) is 38.2 Å². The lowest BCUT2D eigenvalue weighted by Gasteiger charge is -2.20. The first-order valence-corrected chi connectivity index (χ1v) is 7.94. The Kier molecular flexibility index (Phi) is 5.81. The van der Waals surface area contributed by atoms with Crippen LogP contribution < -0.4 is 0 Å². The van der Waals surface area contributed by atoms with Crippen LogP contribution in [0.2, 0.25) is 0 Å². The molecule has 1 aromatic rings. The van der Waals surface area contributed by atoms with Gasteiger partial charge in [0.25, 0.3) is 17.5 Å². The number of aliphatic hydroxyl groups excluding tert-OH is 1. The van der Waals surface area contributed by atoms with Crippen LogP contribution in [0, 0.1) is 10.1 Å². The number of carbonyl (C=O) groups is 3. The van der Waals surface area contributed by atoms with Crippen molar-refractivity contribution in [2.24, 2.45) is 0 Å². The van der Waals surface area contributed by atoms with E-state index in [0.29, 0.717) is 6.54 Å². The highest BCUT2D eigenvalue weighted by Crippen LogP contribution is 2.27. The summed E-state index contributed by atoms with van der Waals surface area (Å²) < 4.78 is 0. The number of nitrogens with zero attached hydrogens (tertiary/aromatic N) is 3. The Labute approximate surface area is 144 Å². The quantitative estimate of drug-likeness (QED) is 0.421. The summed E-state index contributed by atoms with van der Waals surface area (Å²) in [4.78, 5) is 49.2. The Bertz CT molecular complexity index is 718. The van der Waals surface area contributed by atoms with Crippen molar-refractivity contribution in [1.82, 2.24) is 9.80 Å². The monoisotopic (exact) mass is 349 g/mol. The second-order valence-corrected chi connectivity index (χ2v) is 5.55. The Morgan fingerprint density at radius 2 is 1.96 bits per heavy atom. The van der Waals surface area contributed by atoms with Gasteiger partial charge in [0.2, 0.25) is 5.91 Å². The molecule has 1 aliphatic rings. The van der Waals surface area contributed by atoms with Crippen LogP contribution in [0.25, 0.3) is 0 Å². The van der Waals surface area contributed by atoms with Gasteiger partial charge in [-0.2, -0.15) is 0 Å². The summed E-state index contributed by atoms with van der Waals surface area (Å²) in [6.45, 7) is 2.44. The number of fused-ring (bicyclic) bond motifs is 1. The van der Waals surface area contributed by atoms with Crippen LogP contribution in [0.5, 0.6) is 0 Å². The van der Waals surface area contributed by atoms with E-state index in [1.165, 1.54) is 17.0 Å². The minimum atomic E-state index is -0.625. The van der Waals surface area contributed by atoms with Gasteiger partial charge in [0.05, 0.1) is 22.7 Å². The zero-order valence-corrected chi connectivity index (χ0v) is 13.8. The lowest BCUT2D eigenvalue weighted by Crippen LogP contribution is -2.35.